The fourth-order valence-electron chi connectivity index (χ4n) is 4.94. The number of aromatic hydroxyl groups is 1. The summed E-state index contributed by atoms with van der Waals surface area (Å²) in [5.41, 5.74) is 0.173. The minimum atomic E-state index is -0.854. The molecular weight excluding hydrogens is 522 g/mol. The van der Waals surface area contributed by atoms with Crippen molar-refractivity contribution in [3.05, 3.63) is 93.5 Å². The van der Waals surface area contributed by atoms with Gasteiger partial charge in [0.2, 0.25) is 5.88 Å². The summed E-state index contributed by atoms with van der Waals surface area (Å²) in [6.07, 6.45) is 1.89. The van der Waals surface area contributed by atoms with Gasteiger partial charge in [-0.15, -0.1) is 0 Å². The van der Waals surface area contributed by atoms with Crippen molar-refractivity contribution >= 4 is 5.91 Å². The lowest BCUT2D eigenvalue weighted by atomic mass is 9.98. The van der Waals surface area contributed by atoms with Crippen LogP contribution in [0, 0.1) is 18.6 Å². The van der Waals surface area contributed by atoms with Crippen LogP contribution in [-0.2, 0) is 0 Å². The number of nitrogens with zero attached hydrogens (tertiary/aromatic N) is 4. The van der Waals surface area contributed by atoms with Gasteiger partial charge in [0.15, 0.2) is 11.4 Å². The quantitative estimate of drug-likeness (QED) is 0.384. The Morgan fingerprint density at radius 3 is 2.42 bits per heavy atom. The SMILES string of the molecule is COc1cccc(OC)c1-n1c(-c2ccc(C)nc2)nc(O)c(C(=O)N2CCC(c3ccc(F)cc3F)C2)c1=O. The van der Waals surface area contributed by atoms with Gasteiger partial charge in [0.1, 0.15) is 28.8 Å². The van der Waals surface area contributed by atoms with Gasteiger partial charge < -0.3 is 19.5 Å². The van der Waals surface area contributed by atoms with E-state index in [-0.39, 0.29) is 41.7 Å². The molecular formula is C29H26F2N4O5. The van der Waals surface area contributed by atoms with Crippen LogP contribution in [0.5, 0.6) is 17.4 Å². The van der Waals surface area contributed by atoms with Gasteiger partial charge in [-0.1, -0.05) is 12.1 Å². The van der Waals surface area contributed by atoms with Gasteiger partial charge in [-0.3, -0.25) is 19.1 Å². The van der Waals surface area contributed by atoms with Gasteiger partial charge >= 0.3 is 0 Å². The Labute approximate surface area is 228 Å². The number of para-hydroxylation sites is 1. The fraction of sp³-hybridized carbons (Fsp3) is 0.241. The number of halogens is 2. The molecule has 40 heavy (non-hydrogen) atoms. The Balaban J connectivity index is 1.64. The van der Waals surface area contributed by atoms with Gasteiger partial charge in [0.25, 0.3) is 11.5 Å². The maximum atomic E-state index is 14.4. The summed E-state index contributed by atoms with van der Waals surface area (Å²) in [4.78, 5) is 37.7. The maximum absolute atomic E-state index is 14.4. The molecule has 1 amide bonds. The average molecular weight is 549 g/mol. The number of likely N-dealkylation sites (tertiary alicyclic amines) is 1. The smallest absolute Gasteiger partial charge is 0.275 e. The standard InChI is InChI=1S/C29H26F2N4O5/c1-16-7-8-17(14-32-16)26-33-27(36)24(29(38)35(26)25-22(39-2)5-4-6-23(25)40-3)28(37)34-12-11-18(15-34)20-10-9-19(30)13-21(20)31/h4-10,13-14,18,36H,11-12,15H2,1-3H3. The van der Waals surface area contributed by atoms with Crippen molar-refractivity contribution in [3.63, 3.8) is 0 Å². The predicted octanol–water partition coefficient (Wildman–Crippen LogP) is 4.23. The molecule has 1 aliphatic heterocycles. The van der Waals surface area contributed by atoms with E-state index < -0.39 is 40.5 Å². The van der Waals surface area contributed by atoms with E-state index in [1.807, 2.05) is 0 Å². The number of ether oxygens (including phenoxy) is 2. The van der Waals surface area contributed by atoms with Crippen LogP contribution >= 0.6 is 0 Å². The number of carbonyl (C=O) groups excluding carboxylic acids is 1. The number of pyridine rings is 1. The van der Waals surface area contributed by atoms with Crippen LogP contribution in [0.3, 0.4) is 0 Å². The van der Waals surface area contributed by atoms with E-state index in [9.17, 15) is 23.5 Å². The number of benzene rings is 2. The second-order valence-electron chi connectivity index (χ2n) is 9.38. The lowest BCUT2D eigenvalue weighted by Crippen LogP contribution is -2.36. The Hall–Kier alpha value is -4.80. The molecule has 1 aliphatic rings. The topological polar surface area (TPSA) is 107 Å². The first-order chi connectivity index (χ1) is 19.2. The van der Waals surface area contributed by atoms with E-state index in [1.54, 1.807) is 37.3 Å². The Bertz CT molecular complexity index is 1630. The largest absolute Gasteiger partial charge is 0.494 e. The molecule has 0 radical (unpaired) electrons. The summed E-state index contributed by atoms with van der Waals surface area (Å²) in [6, 6.07) is 11.7. The van der Waals surface area contributed by atoms with E-state index in [0.29, 0.717) is 12.0 Å². The molecule has 5 rings (SSSR count). The monoisotopic (exact) mass is 548 g/mol. The van der Waals surface area contributed by atoms with Crippen LogP contribution in [-0.4, -0.2) is 57.8 Å². The number of rotatable bonds is 6. The van der Waals surface area contributed by atoms with Crippen molar-refractivity contribution in [2.45, 2.75) is 19.3 Å². The molecule has 1 unspecified atom stereocenters. The number of methoxy groups -OCH3 is 2. The molecule has 1 N–H and O–H groups in total. The van der Waals surface area contributed by atoms with Gasteiger partial charge in [-0.05, 0) is 49.2 Å². The first kappa shape index (κ1) is 26.8. The molecule has 0 bridgehead atoms. The van der Waals surface area contributed by atoms with Crippen molar-refractivity contribution in [1.82, 2.24) is 19.4 Å². The highest BCUT2D eigenvalue weighted by Gasteiger charge is 2.34. The van der Waals surface area contributed by atoms with Crippen LogP contribution in [0.2, 0.25) is 0 Å². The predicted molar refractivity (Wildman–Crippen MR) is 142 cm³/mol. The third-order valence-corrected chi connectivity index (χ3v) is 6.95. The number of hydrogen-bond acceptors (Lipinski definition) is 7. The van der Waals surface area contributed by atoms with Gasteiger partial charge in [0, 0.05) is 42.5 Å². The zero-order valence-corrected chi connectivity index (χ0v) is 22.0. The van der Waals surface area contributed by atoms with Gasteiger partial charge in [-0.2, -0.15) is 4.98 Å². The van der Waals surface area contributed by atoms with Crippen molar-refractivity contribution in [1.29, 1.82) is 0 Å². The highest BCUT2D eigenvalue weighted by atomic mass is 19.1. The fourth-order valence-corrected chi connectivity index (χ4v) is 4.94. The van der Waals surface area contributed by atoms with E-state index in [4.69, 9.17) is 9.47 Å². The summed E-state index contributed by atoms with van der Waals surface area (Å²) in [5, 5.41) is 10.9. The van der Waals surface area contributed by atoms with Crippen LogP contribution in [0.15, 0.2) is 59.5 Å². The molecule has 1 saturated heterocycles. The van der Waals surface area contributed by atoms with E-state index >= 15 is 0 Å². The zero-order valence-electron chi connectivity index (χ0n) is 22.0. The molecule has 4 aromatic rings. The van der Waals surface area contributed by atoms with Crippen molar-refractivity contribution in [2.24, 2.45) is 0 Å². The molecule has 3 heterocycles. The highest BCUT2D eigenvalue weighted by molar-refractivity contribution is 5.96. The van der Waals surface area contributed by atoms with Crippen LogP contribution in [0.4, 0.5) is 8.78 Å². The van der Waals surface area contributed by atoms with Crippen LogP contribution < -0.4 is 15.0 Å². The van der Waals surface area contributed by atoms with Gasteiger partial charge in [-0.25, -0.2) is 8.78 Å². The summed E-state index contributed by atoms with van der Waals surface area (Å²) in [6.45, 7) is 2.07. The third-order valence-electron chi connectivity index (χ3n) is 6.95. The number of amides is 1. The third kappa shape index (κ3) is 4.74. The lowest BCUT2D eigenvalue weighted by molar-refractivity contribution is 0.0784. The number of aromatic nitrogens is 3. The molecule has 9 nitrogen and oxygen atoms in total. The molecule has 1 atom stereocenters. The van der Waals surface area contributed by atoms with Gasteiger partial charge in [0.05, 0.1) is 14.2 Å². The van der Waals surface area contributed by atoms with Crippen molar-refractivity contribution in [3.8, 4) is 34.5 Å². The van der Waals surface area contributed by atoms with Crippen molar-refractivity contribution in [2.75, 3.05) is 27.3 Å². The molecule has 2 aromatic heterocycles. The average Bonchev–Trinajstić information content (AvgIpc) is 3.43. The summed E-state index contributed by atoms with van der Waals surface area (Å²) >= 11 is 0. The highest BCUT2D eigenvalue weighted by Crippen LogP contribution is 2.36. The minimum absolute atomic E-state index is 0.0158. The molecule has 11 heteroatoms. The molecule has 2 aromatic carbocycles. The molecule has 1 fully saturated rings. The van der Waals surface area contributed by atoms with Crippen LogP contribution in [0.1, 0.15) is 34.0 Å². The van der Waals surface area contributed by atoms with E-state index in [2.05, 4.69) is 9.97 Å². The zero-order chi connectivity index (χ0) is 28.6. The molecule has 0 saturated carbocycles. The van der Waals surface area contributed by atoms with E-state index in [0.717, 1.165) is 22.4 Å². The first-order valence-electron chi connectivity index (χ1n) is 12.5. The van der Waals surface area contributed by atoms with Crippen LogP contribution in [0.25, 0.3) is 17.1 Å². The molecule has 0 spiro atoms. The van der Waals surface area contributed by atoms with Crippen molar-refractivity contribution < 1.29 is 28.2 Å². The second-order valence-corrected chi connectivity index (χ2v) is 9.38. The number of hydrogen-bond donors (Lipinski definition) is 1. The molecule has 0 aliphatic carbocycles. The Morgan fingerprint density at radius 2 is 1.80 bits per heavy atom. The number of aryl methyl sites for hydroxylation is 1. The first-order valence-corrected chi connectivity index (χ1v) is 12.5. The number of carbonyl (C=O) groups is 1. The maximum Gasteiger partial charge on any atom is 0.275 e. The Morgan fingerprint density at radius 1 is 1.07 bits per heavy atom. The second kappa shape index (κ2) is 10.8. The minimum Gasteiger partial charge on any atom is -0.494 e. The van der Waals surface area contributed by atoms with E-state index in [1.165, 1.54) is 31.4 Å². The normalized spacial score (nSPS) is 14.8. The Kier molecular flexibility index (Phi) is 7.20. The molecule has 206 valence electrons. The summed E-state index contributed by atoms with van der Waals surface area (Å²) in [5.74, 6) is -2.78. The summed E-state index contributed by atoms with van der Waals surface area (Å²) < 4.78 is 40.0. The summed E-state index contributed by atoms with van der Waals surface area (Å²) in [7, 11) is 2.85. The lowest BCUT2D eigenvalue weighted by Gasteiger charge is -2.21.